The van der Waals surface area contributed by atoms with Gasteiger partial charge in [0.1, 0.15) is 18.1 Å². The molecule has 2 fully saturated rings. The lowest BCUT2D eigenvalue weighted by atomic mass is 10.1. The molecule has 4 atom stereocenters. The molecule has 2 heterocycles. The highest BCUT2D eigenvalue weighted by molar-refractivity contribution is 7.98. The molecule has 31 heavy (non-hydrogen) atoms. The number of likely N-dealkylation sites (tertiary alicyclic amines) is 2. The fraction of sp³-hybridized carbons (Fsp3) is 0.800. The normalized spacial score (nSPS) is 22.9. The number of hydrogen-bond acceptors (Lipinski definition) is 7. The van der Waals surface area contributed by atoms with E-state index < -0.39 is 30.1 Å². The van der Waals surface area contributed by atoms with E-state index in [-0.39, 0.29) is 17.7 Å². The van der Waals surface area contributed by atoms with Gasteiger partial charge in [-0.1, -0.05) is 0 Å². The number of rotatable bonds is 11. The van der Waals surface area contributed by atoms with E-state index in [9.17, 15) is 24.3 Å². The molecule has 2 rings (SSSR count). The number of carbonyl (C=O) groups excluding carboxylic acids is 3. The molecular weight excluding hydrogens is 440 g/mol. The zero-order valence-electron chi connectivity index (χ0n) is 18.2. The fourth-order valence-electron chi connectivity index (χ4n) is 4.11. The van der Waals surface area contributed by atoms with Crippen LogP contribution in [0.1, 0.15) is 38.5 Å². The fourth-order valence-corrected chi connectivity index (χ4v) is 5.07. The Morgan fingerprint density at radius 1 is 1.00 bits per heavy atom. The van der Waals surface area contributed by atoms with Gasteiger partial charge in [0, 0.05) is 13.1 Å². The second kappa shape index (κ2) is 12.5. The van der Waals surface area contributed by atoms with E-state index in [1.807, 2.05) is 12.5 Å². The Morgan fingerprint density at radius 3 is 2.19 bits per heavy atom. The molecule has 0 aromatic carbocycles. The molecule has 0 spiro atoms. The summed E-state index contributed by atoms with van der Waals surface area (Å²) < 4.78 is 0. The molecule has 2 aliphatic rings. The second-order valence-electron chi connectivity index (χ2n) is 7.95. The van der Waals surface area contributed by atoms with E-state index in [0.29, 0.717) is 57.4 Å². The predicted molar refractivity (Wildman–Crippen MR) is 123 cm³/mol. The van der Waals surface area contributed by atoms with E-state index in [4.69, 9.17) is 5.73 Å². The van der Waals surface area contributed by atoms with Crippen LogP contribution in [-0.2, 0) is 19.2 Å². The lowest BCUT2D eigenvalue weighted by Gasteiger charge is -2.32. The van der Waals surface area contributed by atoms with Crippen molar-refractivity contribution in [2.24, 2.45) is 5.73 Å². The minimum absolute atomic E-state index is 0.290. The number of aliphatic carboxylic acids is 1. The third-order valence-corrected chi connectivity index (χ3v) is 7.12. The maximum atomic E-state index is 13.3. The Morgan fingerprint density at radius 2 is 1.58 bits per heavy atom. The Balaban J connectivity index is 2.10. The van der Waals surface area contributed by atoms with Gasteiger partial charge in [0.15, 0.2) is 0 Å². The van der Waals surface area contributed by atoms with Crippen molar-refractivity contribution < 1.29 is 24.3 Å². The lowest BCUT2D eigenvalue weighted by molar-refractivity contribution is -0.152. The first-order valence-corrected chi connectivity index (χ1v) is 13.5. The van der Waals surface area contributed by atoms with E-state index in [0.717, 1.165) is 5.75 Å². The van der Waals surface area contributed by atoms with Crippen LogP contribution in [0.25, 0.3) is 0 Å². The molecule has 0 radical (unpaired) electrons. The molecule has 11 heteroatoms. The zero-order chi connectivity index (χ0) is 23.0. The number of carboxylic acids is 1. The SMILES string of the molecule is CSCCC(N)C(=O)NC(CCSC)C(=O)N1CCCC1C(=O)N1CCCC1C(=O)O. The molecule has 3 amide bonds. The first-order chi connectivity index (χ1) is 14.8. The van der Waals surface area contributed by atoms with Crippen molar-refractivity contribution in [1.82, 2.24) is 15.1 Å². The van der Waals surface area contributed by atoms with Crippen LogP contribution in [0, 0.1) is 0 Å². The first-order valence-electron chi connectivity index (χ1n) is 10.7. The highest BCUT2D eigenvalue weighted by atomic mass is 32.2. The van der Waals surface area contributed by atoms with Gasteiger partial charge in [0.05, 0.1) is 6.04 Å². The summed E-state index contributed by atoms with van der Waals surface area (Å²) in [7, 11) is 0. The minimum Gasteiger partial charge on any atom is -0.480 e. The Kier molecular flexibility index (Phi) is 10.4. The molecule has 2 aliphatic heterocycles. The van der Waals surface area contributed by atoms with Crippen LogP contribution in [-0.4, -0.2) is 99.9 Å². The quantitative estimate of drug-likeness (QED) is 0.391. The number of thioether (sulfide) groups is 2. The molecule has 0 aromatic rings. The molecule has 2 saturated heterocycles. The van der Waals surface area contributed by atoms with Crippen molar-refractivity contribution in [2.75, 3.05) is 37.1 Å². The summed E-state index contributed by atoms with van der Waals surface area (Å²) >= 11 is 3.18. The molecule has 9 nitrogen and oxygen atoms in total. The summed E-state index contributed by atoms with van der Waals surface area (Å²) in [6.45, 7) is 0.816. The molecule has 0 saturated carbocycles. The minimum atomic E-state index is -1.01. The number of hydrogen-bond donors (Lipinski definition) is 3. The van der Waals surface area contributed by atoms with E-state index >= 15 is 0 Å². The van der Waals surface area contributed by atoms with Crippen LogP contribution in [0.5, 0.6) is 0 Å². The number of nitrogens with two attached hydrogens (primary N) is 1. The largest absolute Gasteiger partial charge is 0.480 e. The van der Waals surface area contributed by atoms with Gasteiger partial charge in [-0.15, -0.1) is 0 Å². The number of amides is 3. The van der Waals surface area contributed by atoms with Gasteiger partial charge >= 0.3 is 5.97 Å². The Hall–Kier alpha value is -1.46. The zero-order valence-corrected chi connectivity index (χ0v) is 19.9. The maximum absolute atomic E-state index is 13.3. The van der Waals surface area contributed by atoms with Crippen LogP contribution in [0.15, 0.2) is 0 Å². The van der Waals surface area contributed by atoms with Crippen molar-refractivity contribution in [1.29, 1.82) is 0 Å². The van der Waals surface area contributed by atoms with Gasteiger partial charge in [-0.3, -0.25) is 14.4 Å². The average Bonchev–Trinajstić information content (AvgIpc) is 3.43. The average molecular weight is 475 g/mol. The maximum Gasteiger partial charge on any atom is 0.326 e. The van der Waals surface area contributed by atoms with Crippen molar-refractivity contribution >= 4 is 47.2 Å². The third-order valence-electron chi connectivity index (χ3n) is 5.84. The number of carboxylic acid groups (broad SMARTS) is 1. The smallest absolute Gasteiger partial charge is 0.326 e. The van der Waals surface area contributed by atoms with Gasteiger partial charge in [0.2, 0.25) is 17.7 Å². The van der Waals surface area contributed by atoms with Gasteiger partial charge in [0.25, 0.3) is 0 Å². The summed E-state index contributed by atoms with van der Waals surface area (Å²) in [4.78, 5) is 53.4. The summed E-state index contributed by atoms with van der Waals surface area (Å²) in [5.74, 6) is -0.534. The number of carbonyl (C=O) groups is 4. The van der Waals surface area contributed by atoms with Gasteiger partial charge in [-0.25, -0.2) is 4.79 Å². The Bertz CT molecular complexity index is 665. The topological polar surface area (TPSA) is 133 Å². The van der Waals surface area contributed by atoms with Crippen LogP contribution in [0.2, 0.25) is 0 Å². The number of nitrogens with zero attached hydrogens (tertiary/aromatic N) is 2. The van der Waals surface area contributed by atoms with Crippen molar-refractivity contribution in [3.05, 3.63) is 0 Å². The van der Waals surface area contributed by atoms with Crippen molar-refractivity contribution in [3.8, 4) is 0 Å². The van der Waals surface area contributed by atoms with Gasteiger partial charge in [-0.2, -0.15) is 23.5 Å². The summed E-state index contributed by atoms with van der Waals surface area (Å²) in [6, 6.07) is -2.94. The monoisotopic (exact) mass is 474 g/mol. The molecular formula is C20H34N4O5S2. The molecule has 0 bridgehead atoms. The predicted octanol–water partition coefficient (Wildman–Crippen LogP) is 0.371. The highest BCUT2D eigenvalue weighted by Crippen LogP contribution is 2.26. The van der Waals surface area contributed by atoms with Crippen LogP contribution in [0.3, 0.4) is 0 Å². The lowest BCUT2D eigenvalue weighted by Crippen LogP contribution is -2.57. The summed E-state index contributed by atoms with van der Waals surface area (Å²) in [5, 5.41) is 12.2. The third kappa shape index (κ3) is 6.76. The standard InChI is InChI=1S/C20H34N4O5S2/c1-30-11-7-13(21)17(25)22-14(8-12-31-2)18(26)23-9-3-5-15(23)19(27)24-10-4-6-16(24)20(28)29/h13-16H,3-12,21H2,1-2H3,(H,22,25)(H,28,29). The second-order valence-corrected chi connectivity index (χ2v) is 9.92. The summed E-state index contributed by atoms with van der Waals surface area (Å²) in [6.07, 6.45) is 7.08. The van der Waals surface area contributed by atoms with E-state index in [2.05, 4.69) is 5.32 Å². The Labute approximate surface area is 192 Å². The van der Waals surface area contributed by atoms with Crippen molar-refractivity contribution in [2.45, 2.75) is 62.7 Å². The van der Waals surface area contributed by atoms with E-state index in [1.165, 1.54) is 9.80 Å². The molecule has 176 valence electrons. The summed E-state index contributed by atoms with van der Waals surface area (Å²) in [5.41, 5.74) is 5.96. The van der Waals surface area contributed by atoms with E-state index in [1.54, 1.807) is 23.5 Å². The number of nitrogens with one attached hydrogen (secondary N) is 1. The van der Waals surface area contributed by atoms with Crippen LogP contribution < -0.4 is 11.1 Å². The first kappa shape index (κ1) is 25.8. The molecule has 0 aliphatic carbocycles. The van der Waals surface area contributed by atoms with Crippen LogP contribution >= 0.6 is 23.5 Å². The highest BCUT2D eigenvalue weighted by Gasteiger charge is 2.43. The molecule has 0 aromatic heterocycles. The molecule has 4 unspecified atom stereocenters. The van der Waals surface area contributed by atoms with Crippen LogP contribution in [0.4, 0.5) is 0 Å². The van der Waals surface area contributed by atoms with Gasteiger partial charge < -0.3 is 26.0 Å². The van der Waals surface area contributed by atoms with Gasteiger partial charge in [-0.05, 0) is 62.5 Å². The van der Waals surface area contributed by atoms with Crippen molar-refractivity contribution in [3.63, 3.8) is 0 Å². The molecule has 4 N–H and O–H groups in total.